The van der Waals surface area contributed by atoms with Gasteiger partial charge in [0.2, 0.25) is 0 Å². The van der Waals surface area contributed by atoms with Gasteiger partial charge in [-0.1, -0.05) is 37.6 Å². The predicted octanol–water partition coefficient (Wildman–Crippen LogP) is 2.27. The SMILES string of the molecule is C=CCc1ccccc1OCC(O)CN1C(=O)NC(C)(CCC)C1=O. The molecular weight excluding hydrogens is 320 g/mol. The third kappa shape index (κ3) is 4.39. The first-order chi connectivity index (χ1) is 11.9. The van der Waals surface area contributed by atoms with E-state index in [1.165, 1.54) is 0 Å². The first-order valence-corrected chi connectivity index (χ1v) is 8.55. The Morgan fingerprint density at radius 2 is 2.12 bits per heavy atom. The third-order valence-corrected chi connectivity index (χ3v) is 4.26. The van der Waals surface area contributed by atoms with Crippen molar-refractivity contribution in [1.82, 2.24) is 10.2 Å². The number of para-hydroxylation sites is 1. The maximum absolute atomic E-state index is 12.5. The fourth-order valence-corrected chi connectivity index (χ4v) is 3.00. The number of rotatable bonds is 9. The van der Waals surface area contributed by atoms with Crippen molar-refractivity contribution in [2.75, 3.05) is 13.2 Å². The minimum Gasteiger partial charge on any atom is -0.491 e. The van der Waals surface area contributed by atoms with E-state index >= 15 is 0 Å². The number of nitrogens with one attached hydrogen (secondary N) is 1. The number of hydrogen-bond acceptors (Lipinski definition) is 4. The average Bonchev–Trinajstić information content (AvgIpc) is 2.78. The molecule has 0 radical (unpaired) electrons. The summed E-state index contributed by atoms with van der Waals surface area (Å²) in [6.45, 7) is 7.29. The smallest absolute Gasteiger partial charge is 0.325 e. The first-order valence-electron chi connectivity index (χ1n) is 8.55. The number of benzene rings is 1. The maximum atomic E-state index is 12.5. The van der Waals surface area contributed by atoms with Crippen LogP contribution >= 0.6 is 0 Å². The number of amides is 3. The Balaban J connectivity index is 1.94. The number of carbonyl (C=O) groups is 2. The van der Waals surface area contributed by atoms with Crippen molar-refractivity contribution in [2.24, 2.45) is 0 Å². The van der Waals surface area contributed by atoms with Crippen molar-refractivity contribution in [3.8, 4) is 5.75 Å². The van der Waals surface area contributed by atoms with Gasteiger partial charge in [-0.15, -0.1) is 6.58 Å². The summed E-state index contributed by atoms with van der Waals surface area (Å²) in [6, 6.07) is 7.03. The number of carbonyl (C=O) groups excluding carboxylic acids is 2. The average molecular weight is 346 g/mol. The number of aliphatic hydroxyl groups excluding tert-OH is 1. The summed E-state index contributed by atoms with van der Waals surface area (Å²) >= 11 is 0. The number of urea groups is 1. The summed E-state index contributed by atoms with van der Waals surface area (Å²) in [6.07, 6.45) is 2.82. The molecule has 2 N–H and O–H groups in total. The second kappa shape index (κ2) is 8.16. The van der Waals surface area contributed by atoms with Gasteiger partial charge in [0.1, 0.15) is 24.0 Å². The van der Waals surface area contributed by atoms with Crippen LogP contribution in [0.15, 0.2) is 36.9 Å². The highest BCUT2D eigenvalue weighted by atomic mass is 16.5. The molecule has 0 aliphatic carbocycles. The van der Waals surface area contributed by atoms with E-state index in [2.05, 4.69) is 11.9 Å². The van der Waals surface area contributed by atoms with Crippen molar-refractivity contribution in [1.29, 1.82) is 0 Å². The topological polar surface area (TPSA) is 78.9 Å². The Bertz CT molecular complexity index is 646. The molecule has 1 saturated heterocycles. The van der Waals surface area contributed by atoms with Gasteiger partial charge in [-0.3, -0.25) is 9.69 Å². The zero-order valence-electron chi connectivity index (χ0n) is 14.8. The summed E-state index contributed by atoms with van der Waals surface area (Å²) in [5.74, 6) is 0.361. The summed E-state index contributed by atoms with van der Waals surface area (Å²) in [5, 5.41) is 12.9. The van der Waals surface area contributed by atoms with Crippen molar-refractivity contribution >= 4 is 11.9 Å². The van der Waals surface area contributed by atoms with E-state index in [1.54, 1.807) is 13.0 Å². The summed E-state index contributed by atoms with van der Waals surface area (Å²) in [7, 11) is 0. The predicted molar refractivity (Wildman–Crippen MR) is 95.4 cm³/mol. The molecule has 1 aliphatic rings. The quantitative estimate of drug-likeness (QED) is 0.531. The van der Waals surface area contributed by atoms with Gasteiger partial charge >= 0.3 is 6.03 Å². The minimum atomic E-state index is -0.963. The number of imide groups is 1. The molecule has 136 valence electrons. The van der Waals surface area contributed by atoms with Crippen molar-refractivity contribution in [3.05, 3.63) is 42.5 Å². The van der Waals surface area contributed by atoms with Gasteiger partial charge in [0.05, 0.1) is 6.54 Å². The molecule has 1 aromatic rings. The lowest BCUT2D eigenvalue weighted by molar-refractivity contribution is -0.132. The fraction of sp³-hybridized carbons (Fsp3) is 0.474. The van der Waals surface area contributed by atoms with E-state index in [9.17, 15) is 14.7 Å². The molecule has 3 amide bonds. The van der Waals surface area contributed by atoms with Gasteiger partial charge in [-0.05, 0) is 31.4 Å². The molecule has 6 heteroatoms. The molecule has 0 bridgehead atoms. The molecule has 25 heavy (non-hydrogen) atoms. The van der Waals surface area contributed by atoms with Gasteiger partial charge in [0, 0.05) is 0 Å². The van der Waals surface area contributed by atoms with Crippen molar-refractivity contribution < 1.29 is 19.4 Å². The lowest BCUT2D eigenvalue weighted by atomic mass is 9.96. The molecule has 0 spiro atoms. The number of nitrogens with zero attached hydrogens (tertiary/aromatic N) is 1. The molecule has 1 heterocycles. The molecule has 0 aromatic heterocycles. The lowest BCUT2D eigenvalue weighted by Crippen LogP contribution is -2.44. The molecule has 2 atom stereocenters. The molecule has 0 saturated carbocycles. The zero-order chi connectivity index (χ0) is 18.4. The van der Waals surface area contributed by atoms with Crippen LogP contribution in [0.3, 0.4) is 0 Å². The highest BCUT2D eigenvalue weighted by molar-refractivity contribution is 6.06. The van der Waals surface area contributed by atoms with E-state index in [-0.39, 0.29) is 19.1 Å². The van der Waals surface area contributed by atoms with Crippen LogP contribution in [0.25, 0.3) is 0 Å². The molecular formula is C19H26N2O4. The molecule has 1 aromatic carbocycles. The number of aliphatic hydroxyl groups is 1. The van der Waals surface area contributed by atoms with Gasteiger partial charge in [0.15, 0.2) is 0 Å². The largest absolute Gasteiger partial charge is 0.491 e. The number of hydrogen-bond donors (Lipinski definition) is 2. The van der Waals surface area contributed by atoms with Crippen LogP contribution in [0.4, 0.5) is 4.79 Å². The second-order valence-electron chi connectivity index (χ2n) is 6.49. The fourth-order valence-electron chi connectivity index (χ4n) is 3.00. The summed E-state index contributed by atoms with van der Waals surface area (Å²) in [4.78, 5) is 25.6. The highest BCUT2D eigenvalue weighted by Crippen LogP contribution is 2.23. The van der Waals surface area contributed by atoms with Crippen molar-refractivity contribution in [3.63, 3.8) is 0 Å². The monoisotopic (exact) mass is 346 g/mol. The van der Waals surface area contributed by atoms with Gasteiger partial charge in [-0.25, -0.2) is 4.79 Å². The van der Waals surface area contributed by atoms with Crippen LogP contribution in [0, 0.1) is 0 Å². The van der Waals surface area contributed by atoms with Crippen LogP contribution in [0.1, 0.15) is 32.3 Å². The first kappa shape index (κ1) is 19.0. The van der Waals surface area contributed by atoms with Crippen LogP contribution in [-0.2, 0) is 11.2 Å². The molecule has 6 nitrogen and oxygen atoms in total. The molecule has 2 unspecified atom stereocenters. The van der Waals surface area contributed by atoms with E-state index in [0.29, 0.717) is 18.6 Å². The van der Waals surface area contributed by atoms with Crippen LogP contribution in [0.2, 0.25) is 0 Å². The molecule has 1 aliphatic heterocycles. The zero-order valence-corrected chi connectivity index (χ0v) is 14.8. The van der Waals surface area contributed by atoms with E-state index in [1.807, 2.05) is 31.2 Å². The Labute approximate surface area is 148 Å². The number of ether oxygens (including phenoxy) is 1. The van der Waals surface area contributed by atoms with E-state index in [0.717, 1.165) is 16.9 Å². The summed E-state index contributed by atoms with van der Waals surface area (Å²) in [5.41, 5.74) is 0.0818. The second-order valence-corrected chi connectivity index (χ2v) is 6.49. The Morgan fingerprint density at radius 3 is 2.80 bits per heavy atom. The van der Waals surface area contributed by atoms with Crippen LogP contribution in [0.5, 0.6) is 5.75 Å². The Morgan fingerprint density at radius 1 is 1.40 bits per heavy atom. The maximum Gasteiger partial charge on any atom is 0.325 e. The Hall–Kier alpha value is -2.34. The molecule has 1 fully saturated rings. The Kier molecular flexibility index (Phi) is 6.20. The standard InChI is InChI=1S/C19H26N2O4/c1-4-8-14-9-6-7-10-16(14)25-13-15(22)12-21-17(23)19(3,11-5-2)20-18(21)24/h4,6-7,9-10,15,22H,1,5,8,11-13H2,2-3H3,(H,20,24). The minimum absolute atomic E-state index is 0.00426. The number of β-amino-alcohol motifs (C(OH)–C–C–N with tert-alkyl or cyclic N) is 1. The highest BCUT2D eigenvalue weighted by Gasteiger charge is 2.47. The van der Waals surface area contributed by atoms with E-state index in [4.69, 9.17) is 4.74 Å². The van der Waals surface area contributed by atoms with Gasteiger partial charge in [0.25, 0.3) is 5.91 Å². The molecule has 2 rings (SSSR count). The van der Waals surface area contributed by atoms with Crippen LogP contribution in [-0.4, -0.2) is 46.7 Å². The lowest BCUT2D eigenvalue weighted by Gasteiger charge is -2.22. The van der Waals surface area contributed by atoms with Gasteiger partial charge in [-0.2, -0.15) is 0 Å². The normalized spacial score (nSPS) is 21.2. The number of allylic oxidation sites excluding steroid dienone is 1. The van der Waals surface area contributed by atoms with E-state index < -0.39 is 17.7 Å². The van der Waals surface area contributed by atoms with Crippen molar-refractivity contribution in [2.45, 2.75) is 44.8 Å². The van der Waals surface area contributed by atoms with Crippen LogP contribution < -0.4 is 10.1 Å². The summed E-state index contributed by atoms with van der Waals surface area (Å²) < 4.78 is 5.66. The van der Waals surface area contributed by atoms with Gasteiger partial charge < -0.3 is 15.2 Å². The third-order valence-electron chi connectivity index (χ3n) is 4.26.